The molecule has 0 saturated carbocycles. The molecule has 0 unspecified atom stereocenters. The van der Waals surface area contributed by atoms with Gasteiger partial charge in [0.1, 0.15) is 5.82 Å². The number of anilines is 2. The Morgan fingerprint density at radius 3 is 2.62 bits per heavy atom. The van der Waals surface area contributed by atoms with Gasteiger partial charge in [-0.1, -0.05) is 0 Å². The van der Waals surface area contributed by atoms with Gasteiger partial charge >= 0.3 is 0 Å². The van der Waals surface area contributed by atoms with E-state index in [1.807, 2.05) is 24.7 Å². The summed E-state index contributed by atoms with van der Waals surface area (Å²) in [6.45, 7) is 7.85. The summed E-state index contributed by atoms with van der Waals surface area (Å²) in [5, 5.41) is 17.5. The zero-order valence-electron chi connectivity index (χ0n) is 14.8. The number of aromatic nitrogens is 4. The normalized spacial score (nSPS) is 17.1. The first-order valence-corrected chi connectivity index (χ1v) is 8.48. The van der Waals surface area contributed by atoms with E-state index in [-0.39, 0.29) is 12.1 Å². The minimum atomic E-state index is -0.183. The second kappa shape index (κ2) is 6.76. The molecule has 7 heteroatoms. The van der Waals surface area contributed by atoms with Crippen molar-refractivity contribution in [2.75, 3.05) is 23.3 Å². The number of aliphatic hydroxyl groups excluding tert-OH is 1. The summed E-state index contributed by atoms with van der Waals surface area (Å²) >= 11 is 0. The van der Waals surface area contributed by atoms with Gasteiger partial charge in [-0.2, -0.15) is 10.1 Å². The summed E-state index contributed by atoms with van der Waals surface area (Å²) in [5.74, 6) is 1.53. The largest absolute Gasteiger partial charge is 0.393 e. The number of rotatable bonds is 4. The third kappa shape index (κ3) is 3.36. The predicted molar refractivity (Wildman–Crippen MR) is 94.2 cm³/mol. The molecule has 2 aromatic heterocycles. The van der Waals surface area contributed by atoms with Crippen molar-refractivity contribution >= 4 is 11.8 Å². The number of nitrogens with one attached hydrogen (secondary N) is 1. The Labute approximate surface area is 142 Å². The Balaban J connectivity index is 1.74. The maximum atomic E-state index is 9.65. The van der Waals surface area contributed by atoms with Gasteiger partial charge in [0.15, 0.2) is 0 Å². The molecule has 24 heavy (non-hydrogen) atoms. The summed E-state index contributed by atoms with van der Waals surface area (Å²) < 4.78 is 1.90. The van der Waals surface area contributed by atoms with E-state index < -0.39 is 0 Å². The lowest BCUT2D eigenvalue weighted by Crippen LogP contribution is -2.36. The van der Waals surface area contributed by atoms with Gasteiger partial charge in [-0.3, -0.25) is 4.68 Å². The average molecular weight is 330 g/mol. The first kappa shape index (κ1) is 16.7. The Bertz CT molecular complexity index is 705. The van der Waals surface area contributed by atoms with Crippen LogP contribution in [0.15, 0.2) is 12.3 Å². The Morgan fingerprint density at radius 2 is 2.00 bits per heavy atom. The number of aryl methyl sites for hydroxylation is 2. The summed E-state index contributed by atoms with van der Waals surface area (Å²) in [6.07, 6.45) is 3.18. The highest BCUT2D eigenvalue weighted by Crippen LogP contribution is 2.24. The van der Waals surface area contributed by atoms with E-state index in [0.717, 1.165) is 43.1 Å². The van der Waals surface area contributed by atoms with Gasteiger partial charge in [0.05, 0.1) is 17.8 Å². The molecule has 1 fully saturated rings. The van der Waals surface area contributed by atoms with E-state index in [4.69, 9.17) is 0 Å². The molecule has 1 aliphatic heterocycles. The summed E-state index contributed by atoms with van der Waals surface area (Å²) in [4.78, 5) is 11.2. The minimum absolute atomic E-state index is 0.0807. The minimum Gasteiger partial charge on any atom is -0.393 e. The lowest BCUT2D eigenvalue weighted by atomic mass is 10.1. The summed E-state index contributed by atoms with van der Waals surface area (Å²) in [6, 6.07) is 2.01. The molecule has 0 amide bonds. The molecule has 0 aromatic carbocycles. The molecule has 0 aliphatic carbocycles. The maximum absolute atomic E-state index is 9.65. The van der Waals surface area contributed by atoms with Crippen LogP contribution in [0.5, 0.6) is 0 Å². The van der Waals surface area contributed by atoms with Crippen molar-refractivity contribution in [3.05, 3.63) is 29.2 Å². The monoisotopic (exact) mass is 330 g/mol. The third-order valence-corrected chi connectivity index (χ3v) is 4.77. The molecule has 130 valence electrons. The lowest BCUT2D eigenvalue weighted by Gasteiger charge is -2.30. The van der Waals surface area contributed by atoms with Crippen LogP contribution in [0.1, 0.15) is 42.8 Å². The van der Waals surface area contributed by atoms with Gasteiger partial charge in [-0.05, 0) is 39.7 Å². The smallest absolute Gasteiger partial charge is 0.225 e. The van der Waals surface area contributed by atoms with Crippen LogP contribution < -0.4 is 10.2 Å². The Morgan fingerprint density at radius 1 is 1.29 bits per heavy atom. The van der Waals surface area contributed by atoms with E-state index in [0.29, 0.717) is 5.95 Å². The zero-order chi connectivity index (χ0) is 17.3. The number of nitrogens with zero attached hydrogens (tertiary/aromatic N) is 5. The summed E-state index contributed by atoms with van der Waals surface area (Å²) in [7, 11) is 1.96. The second-order valence-corrected chi connectivity index (χ2v) is 6.53. The molecule has 3 heterocycles. The number of hydrogen-bond acceptors (Lipinski definition) is 6. The van der Waals surface area contributed by atoms with Gasteiger partial charge in [-0.15, -0.1) is 0 Å². The van der Waals surface area contributed by atoms with Crippen LogP contribution in [0, 0.1) is 13.8 Å². The Kier molecular flexibility index (Phi) is 4.71. The van der Waals surface area contributed by atoms with E-state index in [2.05, 4.69) is 39.1 Å². The fraction of sp³-hybridized carbons (Fsp3) is 0.588. The van der Waals surface area contributed by atoms with Crippen LogP contribution in [0.2, 0.25) is 0 Å². The van der Waals surface area contributed by atoms with Gasteiger partial charge in [0.2, 0.25) is 5.95 Å². The lowest BCUT2D eigenvalue weighted by molar-refractivity contribution is 0.145. The standard InChI is InChI=1S/C17H26N6O/c1-11(16-12(2)21-22(4)13(16)3)19-17-18-8-5-15(20-17)23-9-6-14(24)7-10-23/h5,8,11,14,24H,6-7,9-10H2,1-4H3,(H,18,19,20)/t11-/m1/s1. The molecule has 2 N–H and O–H groups in total. The SMILES string of the molecule is Cc1nn(C)c(C)c1[C@@H](C)Nc1nccc(N2CCC(O)CC2)n1. The molecule has 7 nitrogen and oxygen atoms in total. The van der Waals surface area contributed by atoms with Crippen molar-refractivity contribution in [2.45, 2.75) is 45.8 Å². The molecule has 3 rings (SSSR count). The van der Waals surface area contributed by atoms with Crippen molar-refractivity contribution in [1.29, 1.82) is 0 Å². The molecule has 1 atom stereocenters. The molecular weight excluding hydrogens is 304 g/mol. The molecule has 0 radical (unpaired) electrons. The predicted octanol–water partition coefficient (Wildman–Crippen LogP) is 1.96. The first-order valence-electron chi connectivity index (χ1n) is 8.48. The van der Waals surface area contributed by atoms with E-state index in [9.17, 15) is 5.11 Å². The van der Waals surface area contributed by atoms with Crippen LogP contribution >= 0.6 is 0 Å². The fourth-order valence-corrected chi connectivity index (χ4v) is 3.37. The van der Waals surface area contributed by atoms with Gasteiger partial charge < -0.3 is 15.3 Å². The van der Waals surface area contributed by atoms with Gasteiger partial charge in [0.25, 0.3) is 0 Å². The van der Waals surface area contributed by atoms with Crippen LogP contribution in [-0.4, -0.2) is 44.0 Å². The number of piperidine rings is 1. The van der Waals surface area contributed by atoms with Gasteiger partial charge in [0, 0.05) is 37.6 Å². The highest BCUT2D eigenvalue weighted by atomic mass is 16.3. The number of aliphatic hydroxyl groups is 1. The maximum Gasteiger partial charge on any atom is 0.225 e. The molecule has 2 aromatic rings. The highest BCUT2D eigenvalue weighted by Gasteiger charge is 2.20. The van der Waals surface area contributed by atoms with Crippen molar-refractivity contribution in [3.8, 4) is 0 Å². The van der Waals surface area contributed by atoms with Crippen molar-refractivity contribution in [3.63, 3.8) is 0 Å². The zero-order valence-corrected chi connectivity index (χ0v) is 14.8. The fourth-order valence-electron chi connectivity index (χ4n) is 3.37. The first-order chi connectivity index (χ1) is 11.5. The van der Waals surface area contributed by atoms with E-state index in [1.54, 1.807) is 6.20 Å². The van der Waals surface area contributed by atoms with Crippen LogP contribution in [0.25, 0.3) is 0 Å². The van der Waals surface area contributed by atoms with E-state index in [1.165, 1.54) is 5.56 Å². The quantitative estimate of drug-likeness (QED) is 0.892. The van der Waals surface area contributed by atoms with Gasteiger partial charge in [-0.25, -0.2) is 4.98 Å². The van der Waals surface area contributed by atoms with E-state index >= 15 is 0 Å². The Hall–Kier alpha value is -2.15. The highest BCUT2D eigenvalue weighted by molar-refractivity contribution is 5.44. The molecular formula is C17H26N6O. The summed E-state index contributed by atoms with van der Waals surface area (Å²) in [5.41, 5.74) is 3.36. The van der Waals surface area contributed by atoms with Crippen molar-refractivity contribution < 1.29 is 5.11 Å². The average Bonchev–Trinajstić information content (AvgIpc) is 2.81. The molecule has 1 aliphatic rings. The van der Waals surface area contributed by atoms with Crippen molar-refractivity contribution in [2.24, 2.45) is 7.05 Å². The molecule has 0 spiro atoms. The van der Waals surface area contributed by atoms with Crippen LogP contribution in [-0.2, 0) is 7.05 Å². The van der Waals surface area contributed by atoms with Crippen LogP contribution in [0.3, 0.4) is 0 Å². The second-order valence-electron chi connectivity index (χ2n) is 6.53. The van der Waals surface area contributed by atoms with Crippen molar-refractivity contribution in [1.82, 2.24) is 19.7 Å². The number of hydrogen-bond donors (Lipinski definition) is 2. The topological polar surface area (TPSA) is 79.1 Å². The molecule has 0 bridgehead atoms. The van der Waals surface area contributed by atoms with Crippen LogP contribution in [0.4, 0.5) is 11.8 Å². The molecule has 1 saturated heterocycles. The third-order valence-electron chi connectivity index (χ3n) is 4.77.